The van der Waals surface area contributed by atoms with Gasteiger partial charge in [-0.3, -0.25) is 0 Å². The number of hydrogen-bond acceptors (Lipinski definition) is 3. The lowest BCUT2D eigenvalue weighted by Gasteiger charge is -2.09. The van der Waals surface area contributed by atoms with E-state index in [0.29, 0.717) is 0 Å². The molecular weight excluding hydrogens is 214 g/mol. The molecule has 0 aliphatic heterocycles. The van der Waals surface area contributed by atoms with Crippen LogP contribution in [0.1, 0.15) is 11.1 Å². The Kier molecular flexibility index (Phi) is 3.04. The zero-order valence-electron chi connectivity index (χ0n) is 10.6. The predicted octanol–water partition coefficient (Wildman–Crippen LogP) is 2.74. The van der Waals surface area contributed by atoms with E-state index in [9.17, 15) is 0 Å². The minimum Gasteiger partial charge on any atom is -0.496 e. The molecule has 0 amide bonds. The largest absolute Gasteiger partial charge is 0.496 e. The number of hydrogen-bond donors (Lipinski definition) is 2. The van der Waals surface area contributed by atoms with Crippen LogP contribution in [0.2, 0.25) is 0 Å². The van der Waals surface area contributed by atoms with Crippen LogP contribution in [0.4, 0.5) is 5.95 Å². The number of imidazole rings is 1. The van der Waals surface area contributed by atoms with Gasteiger partial charge >= 0.3 is 0 Å². The van der Waals surface area contributed by atoms with Crippen LogP contribution in [0.25, 0.3) is 11.3 Å². The van der Waals surface area contributed by atoms with Crippen molar-refractivity contribution in [2.45, 2.75) is 13.8 Å². The van der Waals surface area contributed by atoms with E-state index in [0.717, 1.165) is 28.5 Å². The maximum Gasteiger partial charge on any atom is 0.200 e. The second-order valence-electron chi connectivity index (χ2n) is 4.03. The molecule has 0 radical (unpaired) electrons. The Labute approximate surface area is 101 Å². The summed E-state index contributed by atoms with van der Waals surface area (Å²) in [6, 6.07) is 4.16. The summed E-state index contributed by atoms with van der Waals surface area (Å²) in [6.45, 7) is 4.11. The Hall–Kier alpha value is -1.97. The van der Waals surface area contributed by atoms with E-state index in [4.69, 9.17) is 4.74 Å². The highest BCUT2D eigenvalue weighted by Gasteiger charge is 2.09. The van der Waals surface area contributed by atoms with Crippen LogP contribution < -0.4 is 10.1 Å². The minimum atomic E-state index is 0.771. The number of nitrogens with zero attached hydrogens (tertiary/aromatic N) is 1. The van der Waals surface area contributed by atoms with Crippen LogP contribution >= 0.6 is 0 Å². The molecule has 0 aliphatic carbocycles. The van der Waals surface area contributed by atoms with Gasteiger partial charge in [0.15, 0.2) is 5.95 Å². The summed E-state index contributed by atoms with van der Waals surface area (Å²) < 4.78 is 5.30. The second kappa shape index (κ2) is 4.49. The summed E-state index contributed by atoms with van der Waals surface area (Å²) in [5.41, 5.74) is 4.45. The summed E-state index contributed by atoms with van der Waals surface area (Å²) in [6.07, 6.45) is 1.83. The third kappa shape index (κ3) is 2.11. The van der Waals surface area contributed by atoms with Crippen molar-refractivity contribution in [1.29, 1.82) is 0 Å². The number of H-pyrrole nitrogens is 1. The van der Waals surface area contributed by atoms with Crippen LogP contribution in [0.15, 0.2) is 18.3 Å². The van der Waals surface area contributed by atoms with Crippen molar-refractivity contribution >= 4 is 5.95 Å². The molecule has 0 fully saturated rings. The fraction of sp³-hybridized carbons (Fsp3) is 0.308. The first-order valence-corrected chi connectivity index (χ1v) is 5.54. The van der Waals surface area contributed by atoms with E-state index >= 15 is 0 Å². The first-order valence-electron chi connectivity index (χ1n) is 5.54. The van der Waals surface area contributed by atoms with Crippen molar-refractivity contribution in [2.75, 3.05) is 19.5 Å². The zero-order valence-corrected chi connectivity index (χ0v) is 10.6. The molecule has 2 N–H and O–H groups in total. The third-order valence-electron chi connectivity index (χ3n) is 2.84. The Bertz CT molecular complexity index is 531. The maximum atomic E-state index is 5.30. The van der Waals surface area contributed by atoms with Gasteiger partial charge in [0.2, 0.25) is 0 Å². The molecule has 4 heteroatoms. The lowest BCUT2D eigenvalue weighted by Crippen LogP contribution is -1.92. The van der Waals surface area contributed by atoms with Gasteiger partial charge in [0.05, 0.1) is 19.0 Å². The number of aromatic nitrogens is 2. The quantitative estimate of drug-likeness (QED) is 0.854. The lowest BCUT2D eigenvalue weighted by molar-refractivity contribution is 0.411. The third-order valence-corrected chi connectivity index (χ3v) is 2.84. The minimum absolute atomic E-state index is 0.771. The number of rotatable bonds is 3. The molecule has 17 heavy (non-hydrogen) atoms. The molecule has 1 aromatic carbocycles. The molecule has 0 bridgehead atoms. The van der Waals surface area contributed by atoms with Gasteiger partial charge in [0, 0.05) is 12.6 Å². The molecule has 0 spiro atoms. The molecule has 0 saturated carbocycles. The van der Waals surface area contributed by atoms with Crippen LogP contribution in [0.5, 0.6) is 5.75 Å². The Morgan fingerprint density at radius 3 is 2.59 bits per heavy atom. The fourth-order valence-electron chi connectivity index (χ4n) is 1.88. The molecule has 0 unspecified atom stereocenters. The van der Waals surface area contributed by atoms with Gasteiger partial charge in [-0.1, -0.05) is 0 Å². The Balaban J connectivity index is 2.48. The highest BCUT2D eigenvalue weighted by atomic mass is 16.5. The van der Waals surface area contributed by atoms with Gasteiger partial charge in [0.1, 0.15) is 5.75 Å². The molecule has 1 aromatic heterocycles. The van der Waals surface area contributed by atoms with Gasteiger partial charge < -0.3 is 15.0 Å². The van der Waals surface area contributed by atoms with Crippen LogP contribution in [0.3, 0.4) is 0 Å². The average Bonchev–Trinajstić information content (AvgIpc) is 2.80. The van der Waals surface area contributed by atoms with Crippen molar-refractivity contribution in [2.24, 2.45) is 0 Å². The highest BCUT2D eigenvalue weighted by Crippen LogP contribution is 2.29. The number of aromatic amines is 1. The van der Waals surface area contributed by atoms with E-state index in [1.54, 1.807) is 7.11 Å². The smallest absolute Gasteiger partial charge is 0.200 e. The molecular formula is C13H17N3O. The monoisotopic (exact) mass is 231 g/mol. The van der Waals surface area contributed by atoms with Crippen LogP contribution in [-0.2, 0) is 0 Å². The summed E-state index contributed by atoms with van der Waals surface area (Å²) >= 11 is 0. The zero-order chi connectivity index (χ0) is 12.4. The van der Waals surface area contributed by atoms with E-state index in [2.05, 4.69) is 28.3 Å². The number of ether oxygens (including phenoxy) is 1. The Morgan fingerprint density at radius 1 is 1.24 bits per heavy atom. The fourth-order valence-corrected chi connectivity index (χ4v) is 1.88. The topological polar surface area (TPSA) is 49.9 Å². The SMILES string of the molecule is CNc1ncc(-c2cc(C)c(OC)cc2C)[nH]1. The molecule has 0 aliphatic rings. The highest BCUT2D eigenvalue weighted by molar-refractivity contribution is 5.67. The molecule has 2 rings (SSSR count). The summed E-state index contributed by atoms with van der Waals surface area (Å²) in [5.74, 6) is 1.69. The first kappa shape index (κ1) is 11.5. The molecule has 4 nitrogen and oxygen atoms in total. The second-order valence-corrected chi connectivity index (χ2v) is 4.03. The van der Waals surface area contributed by atoms with Gasteiger partial charge in [-0.05, 0) is 37.1 Å². The number of anilines is 1. The summed E-state index contributed by atoms with van der Waals surface area (Å²) in [5, 5.41) is 2.98. The molecule has 2 aromatic rings. The number of benzene rings is 1. The Morgan fingerprint density at radius 2 is 2.00 bits per heavy atom. The molecule has 0 atom stereocenters. The van der Waals surface area contributed by atoms with Crippen molar-refractivity contribution in [3.63, 3.8) is 0 Å². The number of methoxy groups -OCH3 is 1. The van der Waals surface area contributed by atoms with E-state index in [-0.39, 0.29) is 0 Å². The van der Waals surface area contributed by atoms with Crippen molar-refractivity contribution in [3.8, 4) is 17.0 Å². The van der Waals surface area contributed by atoms with Crippen LogP contribution in [-0.4, -0.2) is 24.1 Å². The number of nitrogens with one attached hydrogen (secondary N) is 2. The van der Waals surface area contributed by atoms with E-state index in [1.165, 1.54) is 5.56 Å². The normalized spacial score (nSPS) is 10.4. The summed E-state index contributed by atoms with van der Waals surface area (Å²) in [7, 11) is 3.53. The van der Waals surface area contributed by atoms with Gasteiger partial charge in [-0.2, -0.15) is 0 Å². The van der Waals surface area contributed by atoms with E-state index in [1.807, 2.05) is 26.2 Å². The lowest BCUT2D eigenvalue weighted by atomic mass is 10.0. The standard InChI is InChI=1S/C13H17N3O/c1-8-6-12(17-4)9(2)5-10(8)11-7-15-13(14-3)16-11/h5-7H,1-4H3,(H2,14,15,16). The van der Waals surface area contributed by atoms with Crippen molar-refractivity contribution in [3.05, 3.63) is 29.5 Å². The maximum absolute atomic E-state index is 5.30. The van der Waals surface area contributed by atoms with Crippen molar-refractivity contribution in [1.82, 2.24) is 9.97 Å². The number of aryl methyl sites for hydroxylation is 2. The van der Waals surface area contributed by atoms with Gasteiger partial charge in [0.25, 0.3) is 0 Å². The average molecular weight is 231 g/mol. The van der Waals surface area contributed by atoms with Crippen molar-refractivity contribution < 1.29 is 4.74 Å². The van der Waals surface area contributed by atoms with Crippen LogP contribution in [0, 0.1) is 13.8 Å². The first-order chi connectivity index (χ1) is 8.15. The molecule has 90 valence electrons. The molecule has 1 heterocycles. The van der Waals surface area contributed by atoms with E-state index < -0.39 is 0 Å². The van der Waals surface area contributed by atoms with Gasteiger partial charge in [-0.25, -0.2) is 4.98 Å². The van der Waals surface area contributed by atoms with Gasteiger partial charge in [-0.15, -0.1) is 0 Å². The molecule has 0 saturated heterocycles. The summed E-state index contributed by atoms with van der Waals surface area (Å²) in [4.78, 5) is 7.45. The predicted molar refractivity (Wildman–Crippen MR) is 69.6 cm³/mol.